The molecule has 0 amide bonds. The molecule has 0 spiro atoms. The number of hydrogen-bond acceptors (Lipinski definition) is 4. The Morgan fingerprint density at radius 3 is 3.05 bits per heavy atom. The van der Waals surface area contributed by atoms with E-state index in [0.29, 0.717) is 22.4 Å². The van der Waals surface area contributed by atoms with E-state index in [0.717, 1.165) is 32.6 Å². The summed E-state index contributed by atoms with van der Waals surface area (Å²) in [5, 5.41) is 10.8. The van der Waals surface area contributed by atoms with Crippen LogP contribution in [0.5, 0.6) is 0 Å². The molecule has 20 heavy (non-hydrogen) atoms. The summed E-state index contributed by atoms with van der Waals surface area (Å²) in [5.41, 5.74) is 0.337. The van der Waals surface area contributed by atoms with E-state index in [1.54, 1.807) is 6.07 Å². The topological polar surface area (TPSA) is 56.8 Å². The summed E-state index contributed by atoms with van der Waals surface area (Å²) < 4.78 is 13.8. The van der Waals surface area contributed by atoms with Crippen molar-refractivity contribution in [1.82, 2.24) is 20.5 Å². The fourth-order valence-electron chi connectivity index (χ4n) is 2.24. The first-order valence-electron chi connectivity index (χ1n) is 6.57. The molecule has 1 aromatic carbocycles. The van der Waals surface area contributed by atoms with Crippen LogP contribution in [0.3, 0.4) is 0 Å². The first kappa shape index (κ1) is 13.3. The minimum absolute atomic E-state index is 0.337. The summed E-state index contributed by atoms with van der Waals surface area (Å²) >= 11 is 5.90. The number of nitrogens with zero attached hydrogens (tertiary/aromatic N) is 3. The van der Waals surface area contributed by atoms with Gasteiger partial charge in [-0.25, -0.2) is 4.39 Å². The maximum atomic E-state index is 13.8. The second kappa shape index (κ2) is 5.76. The number of aromatic amines is 1. The van der Waals surface area contributed by atoms with Crippen molar-refractivity contribution in [2.75, 3.05) is 31.1 Å². The number of H-pyrrole nitrogens is 1. The molecule has 1 fully saturated rings. The van der Waals surface area contributed by atoms with Gasteiger partial charge in [-0.1, -0.05) is 11.6 Å². The van der Waals surface area contributed by atoms with E-state index in [-0.39, 0.29) is 5.82 Å². The Morgan fingerprint density at radius 2 is 2.15 bits per heavy atom. The van der Waals surface area contributed by atoms with Crippen molar-refractivity contribution in [3.63, 3.8) is 0 Å². The van der Waals surface area contributed by atoms with Gasteiger partial charge >= 0.3 is 0 Å². The van der Waals surface area contributed by atoms with Crippen LogP contribution in [0.2, 0.25) is 5.02 Å². The van der Waals surface area contributed by atoms with E-state index in [4.69, 9.17) is 11.6 Å². The smallest absolute Gasteiger partial charge is 0.245 e. The van der Waals surface area contributed by atoms with Gasteiger partial charge < -0.3 is 10.2 Å². The third-order valence-corrected chi connectivity index (χ3v) is 3.52. The highest BCUT2D eigenvalue weighted by Crippen LogP contribution is 2.24. The highest BCUT2D eigenvalue weighted by Gasteiger charge is 2.16. The first-order chi connectivity index (χ1) is 9.74. The van der Waals surface area contributed by atoms with E-state index < -0.39 is 0 Å². The monoisotopic (exact) mass is 295 g/mol. The van der Waals surface area contributed by atoms with Crippen molar-refractivity contribution < 1.29 is 4.39 Å². The lowest BCUT2D eigenvalue weighted by Gasteiger charge is -2.16. The normalized spacial score (nSPS) is 16.2. The molecule has 3 rings (SSSR count). The summed E-state index contributed by atoms with van der Waals surface area (Å²) in [6.07, 6.45) is 1.04. The minimum atomic E-state index is -0.366. The van der Waals surface area contributed by atoms with Gasteiger partial charge in [-0.05, 0) is 31.2 Å². The number of aromatic nitrogens is 3. The fourth-order valence-corrected chi connectivity index (χ4v) is 2.41. The van der Waals surface area contributed by atoms with Crippen LogP contribution >= 0.6 is 11.6 Å². The quantitative estimate of drug-likeness (QED) is 0.890. The summed E-state index contributed by atoms with van der Waals surface area (Å²) in [5.74, 6) is 0.634. The Labute approximate surface area is 121 Å². The minimum Gasteiger partial charge on any atom is -0.338 e. The number of hydrogen-bond donors (Lipinski definition) is 2. The van der Waals surface area contributed by atoms with Crippen molar-refractivity contribution in [2.24, 2.45) is 0 Å². The molecule has 0 unspecified atom stereocenters. The molecule has 1 aromatic heterocycles. The summed E-state index contributed by atoms with van der Waals surface area (Å²) in [6, 6.07) is 4.39. The average molecular weight is 296 g/mol. The Hall–Kier alpha value is -1.66. The van der Waals surface area contributed by atoms with Crippen molar-refractivity contribution in [2.45, 2.75) is 6.42 Å². The number of rotatable bonds is 2. The molecule has 0 saturated carbocycles. The SMILES string of the molecule is Fc1ccc(Cl)cc1-c1nc(N2CCCNCC2)n[nH]1. The fraction of sp³-hybridized carbons (Fsp3) is 0.385. The van der Waals surface area contributed by atoms with Gasteiger partial charge in [-0.3, -0.25) is 5.10 Å². The van der Waals surface area contributed by atoms with Gasteiger partial charge in [0.1, 0.15) is 5.82 Å². The number of nitrogens with one attached hydrogen (secondary N) is 2. The second-order valence-corrected chi connectivity index (χ2v) is 5.14. The highest BCUT2D eigenvalue weighted by atomic mass is 35.5. The molecule has 7 heteroatoms. The first-order valence-corrected chi connectivity index (χ1v) is 6.95. The molecule has 2 heterocycles. The zero-order valence-electron chi connectivity index (χ0n) is 10.9. The Bertz CT molecular complexity index is 592. The van der Waals surface area contributed by atoms with Crippen LogP contribution in [-0.4, -0.2) is 41.4 Å². The van der Waals surface area contributed by atoms with Gasteiger partial charge in [0.15, 0.2) is 5.82 Å². The average Bonchev–Trinajstić information content (AvgIpc) is 2.77. The van der Waals surface area contributed by atoms with Crippen molar-refractivity contribution in [3.05, 3.63) is 29.0 Å². The molecule has 1 aliphatic heterocycles. The summed E-state index contributed by atoms with van der Waals surface area (Å²) in [4.78, 5) is 6.47. The van der Waals surface area contributed by atoms with E-state index >= 15 is 0 Å². The lowest BCUT2D eigenvalue weighted by Crippen LogP contribution is -2.28. The zero-order chi connectivity index (χ0) is 13.9. The van der Waals surface area contributed by atoms with Crippen LogP contribution < -0.4 is 10.2 Å². The van der Waals surface area contributed by atoms with Gasteiger partial charge in [0.05, 0.1) is 5.56 Å². The molecule has 1 saturated heterocycles. The Kier molecular flexibility index (Phi) is 3.84. The molecule has 0 bridgehead atoms. The van der Waals surface area contributed by atoms with E-state index in [2.05, 4.69) is 25.4 Å². The van der Waals surface area contributed by atoms with Crippen LogP contribution in [0, 0.1) is 5.82 Å². The van der Waals surface area contributed by atoms with Crippen LogP contribution in [0.1, 0.15) is 6.42 Å². The van der Waals surface area contributed by atoms with E-state index in [1.807, 2.05) is 0 Å². The van der Waals surface area contributed by atoms with Crippen LogP contribution in [0.4, 0.5) is 10.3 Å². The summed E-state index contributed by atoms with van der Waals surface area (Å²) in [6.45, 7) is 3.63. The van der Waals surface area contributed by atoms with Gasteiger partial charge in [0.25, 0.3) is 0 Å². The molecule has 0 atom stereocenters. The van der Waals surface area contributed by atoms with Gasteiger partial charge in [0, 0.05) is 24.7 Å². The lowest BCUT2D eigenvalue weighted by molar-refractivity contribution is 0.630. The van der Waals surface area contributed by atoms with Crippen molar-refractivity contribution >= 4 is 17.5 Å². The molecular weight excluding hydrogens is 281 g/mol. The summed E-state index contributed by atoms with van der Waals surface area (Å²) in [7, 11) is 0. The molecule has 5 nitrogen and oxygen atoms in total. The molecule has 0 radical (unpaired) electrons. The van der Waals surface area contributed by atoms with Gasteiger partial charge in [0.2, 0.25) is 5.95 Å². The predicted octanol–water partition coefficient (Wildman–Crippen LogP) is 2.06. The third-order valence-electron chi connectivity index (χ3n) is 3.28. The van der Waals surface area contributed by atoms with Gasteiger partial charge in [-0.15, -0.1) is 5.10 Å². The molecule has 106 valence electrons. The van der Waals surface area contributed by atoms with E-state index in [9.17, 15) is 4.39 Å². The van der Waals surface area contributed by atoms with Crippen LogP contribution in [0.25, 0.3) is 11.4 Å². The van der Waals surface area contributed by atoms with Crippen molar-refractivity contribution in [3.8, 4) is 11.4 Å². The maximum absolute atomic E-state index is 13.8. The highest BCUT2D eigenvalue weighted by molar-refractivity contribution is 6.30. The standard InChI is InChI=1S/C13H15ClFN5/c14-9-2-3-11(15)10(8-9)12-17-13(19-18-12)20-6-1-4-16-5-7-20/h2-3,8,16H,1,4-7H2,(H,17,18,19). The molecule has 1 aliphatic rings. The Morgan fingerprint density at radius 1 is 1.25 bits per heavy atom. The molecule has 0 aliphatic carbocycles. The molecular formula is C13H15ClFN5. The van der Waals surface area contributed by atoms with Crippen LogP contribution in [0.15, 0.2) is 18.2 Å². The maximum Gasteiger partial charge on any atom is 0.245 e. The molecule has 2 aromatic rings. The van der Waals surface area contributed by atoms with Crippen molar-refractivity contribution in [1.29, 1.82) is 0 Å². The van der Waals surface area contributed by atoms with Crippen LogP contribution in [-0.2, 0) is 0 Å². The molecule has 2 N–H and O–H groups in total. The predicted molar refractivity (Wildman–Crippen MR) is 76.5 cm³/mol. The number of halogens is 2. The largest absolute Gasteiger partial charge is 0.338 e. The zero-order valence-corrected chi connectivity index (χ0v) is 11.6. The number of anilines is 1. The Balaban J connectivity index is 1.87. The lowest BCUT2D eigenvalue weighted by atomic mass is 10.2. The third kappa shape index (κ3) is 2.76. The second-order valence-electron chi connectivity index (χ2n) is 4.70. The number of benzene rings is 1. The van der Waals surface area contributed by atoms with Gasteiger partial charge in [-0.2, -0.15) is 4.98 Å². The van der Waals surface area contributed by atoms with E-state index in [1.165, 1.54) is 12.1 Å².